The van der Waals surface area contributed by atoms with Crippen molar-refractivity contribution in [2.24, 2.45) is 5.92 Å². The quantitative estimate of drug-likeness (QED) is 0.878. The minimum atomic E-state index is -0.728. The second-order valence-electron chi connectivity index (χ2n) is 6.48. The van der Waals surface area contributed by atoms with Crippen LogP contribution >= 0.6 is 0 Å². The number of ether oxygens (including phenoxy) is 1. The predicted molar refractivity (Wildman–Crippen MR) is 86.8 cm³/mol. The second kappa shape index (κ2) is 7.51. The number of carboxylic acid groups (broad SMARTS) is 1. The van der Waals surface area contributed by atoms with E-state index in [1.807, 2.05) is 18.2 Å². The first-order valence-electron chi connectivity index (χ1n) is 8.48. The molecule has 1 atom stereocenters. The molecule has 2 heterocycles. The first-order valence-corrected chi connectivity index (χ1v) is 8.48. The Kier molecular flexibility index (Phi) is 5.17. The molecule has 24 heavy (non-hydrogen) atoms. The van der Waals surface area contributed by atoms with Crippen molar-refractivity contribution in [3.63, 3.8) is 0 Å². The molecule has 7 heteroatoms. The third-order valence-electron chi connectivity index (χ3n) is 4.76. The molecule has 1 saturated heterocycles. The number of hydrogen-bond donors (Lipinski definition) is 2. The lowest BCUT2D eigenvalue weighted by atomic mass is 9.86. The van der Waals surface area contributed by atoms with Crippen LogP contribution in [0.25, 0.3) is 0 Å². The third kappa shape index (κ3) is 4.15. The third-order valence-corrected chi connectivity index (χ3v) is 4.76. The van der Waals surface area contributed by atoms with E-state index in [0.29, 0.717) is 31.8 Å². The number of hydrogen-bond acceptors (Lipinski definition) is 4. The summed E-state index contributed by atoms with van der Waals surface area (Å²) < 4.78 is 5.79. The lowest BCUT2D eigenvalue weighted by Gasteiger charge is -2.28. The number of nitrogens with zero attached hydrogens (tertiary/aromatic N) is 2. The summed E-state index contributed by atoms with van der Waals surface area (Å²) in [6.07, 6.45) is 5.15. The molecule has 2 amide bonds. The molecule has 0 spiro atoms. The van der Waals surface area contributed by atoms with Crippen molar-refractivity contribution in [3.05, 3.63) is 24.4 Å². The van der Waals surface area contributed by atoms with Crippen molar-refractivity contribution in [1.82, 2.24) is 15.2 Å². The number of carboxylic acids is 1. The molecular formula is C17H23N3O4. The molecule has 1 saturated carbocycles. The minimum Gasteiger partial charge on any atom is -0.481 e. The van der Waals surface area contributed by atoms with Crippen molar-refractivity contribution in [3.8, 4) is 5.88 Å². The smallest absolute Gasteiger partial charge is 0.317 e. The number of rotatable bonds is 4. The van der Waals surface area contributed by atoms with Crippen LogP contribution in [0, 0.1) is 5.92 Å². The van der Waals surface area contributed by atoms with Crippen molar-refractivity contribution in [2.75, 3.05) is 13.1 Å². The highest BCUT2D eigenvalue weighted by molar-refractivity contribution is 5.75. The van der Waals surface area contributed by atoms with Gasteiger partial charge in [-0.1, -0.05) is 6.07 Å². The number of aromatic nitrogens is 1. The van der Waals surface area contributed by atoms with Crippen LogP contribution in [-0.4, -0.2) is 52.2 Å². The van der Waals surface area contributed by atoms with E-state index in [0.717, 1.165) is 19.3 Å². The highest BCUT2D eigenvalue weighted by Crippen LogP contribution is 2.25. The Bertz CT molecular complexity index is 572. The number of carbonyl (C=O) groups is 2. The first kappa shape index (κ1) is 16.5. The number of likely N-dealkylation sites (tertiary alicyclic amines) is 1. The molecule has 130 valence electrons. The zero-order chi connectivity index (χ0) is 16.9. The van der Waals surface area contributed by atoms with Crippen LogP contribution in [0.15, 0.2) is 24.4 Å². The van der Waals surface area contributed by atoms with Crippen molar-refractivity contribution in [1.29, 1.82) is 0 Å². The normalized spacial score (nSPS) is 26.8. The molecule has 1 aliphatic heterocycles. The fourth-order valence-corrected chi connectivity index (χ4v) is 3.35. The molecule has 0 aromatic carbocycles. The van der Waals surface area contributed by atoms with E-state index in [1.165, 1.54) is 0 Å². The topological polar surface area (TPSA) is 91.8 Å². The molecule has 2 N–H and O–H groups in total. The maximum absolute atomic E-state index is 12.4. The Morgan fingerprint density at radius 2 is 2.00 bits per heavy atom. The Hall–Kier alpha value is -2.31. The number of urea groups is 1. The van der Waals surface area contributed by atoms with E-state index in [4.69, 9.17) is 9.84 Å². The van der Waals surface area contributed by atoms with Gasteiger partial charge in [0.2, 0.25) is 5.88 Å². The monoisotopic (exact) mass is 333 g/mol. The fourth-order valence-electron chi connectivity index (χ4n) is 3.35. The van der Waals surface area contributed by atoms with Crippen molar-refractivity contribution >= 4 is 12.0 Å². The molecular weight excluding hydrogens is 310 g/mol. The molecule has 1 aromatic heterocycles. The van der Waals surface area contributed by atoms with E-state index in [2.05, 4.69) is 10.3 Å². The van der Waals surface area contributed by atoms with Gasteiger partial charge >= 0.3 is 12.0 Å². The Morgan fingerprint density at radius 1 is 1.21 bits per heavy atom. The van der Waals surface area contributed by atoms with Gasteiger partial charge < -0.3 is 20.1 Å². The van der Waals surface area contributed by atoms with E-state index < -0.39 is 5.97 Å². The zero-order valence-corrected chi connectivity index (χ0v) is 13.6. The largest absolute Gasteiger partial charge is 0.481 e. The molecule has 1 aliphatic carbocycles. The van der Waals surface area contributed by atoms with Crippen molar-refractivity contribution < 1.29 is 19.4 Å². The van der Waals surface area contributed by atoms with Gasteiger partial charge in [-0.05, 0) is 31.7 Å². The lowest BCUT2D eigenvalue weighted by Crippen LogP contribution is -2.46. The highest BCUT2D eigenvalue weighted by atomic mass is 16.5. The predicted octanol–water partition coefficient (Wildman–Crippen LogP) is 1.89. The van der Waals surface area contributed by atoms with Crippen LogP contribution in [-0.2, 0) is 4.79 Å². The van der Waals surface area contributed by atoms with Gasteiger partial charge in [0.1, 0.15) is 6.10 Å². The Morgan fingerprint density at radius 3 is 2.67 bits per heavy atom. The summed E-state index contributed by atoms with van der Waals surface area (Å²) in [6, 6.07) is 5.50. The van der Waals surface area contributed by atoms with Crippen LogP contribution in [0.5, 0.6) is 5.88 Å². The molecule has 1 unspecified atom stereocenters. The maximum atomic E-state index is 12.4. The van der Waals surface area contributed by atoms with Crippen LogP contribution in [0.2, 0.25) is 0 Å². The average Bonchev–Trinajstić information content (AvgIpc) is 3.05. The summed E-state index contributed by atoms with van der Waals surface area (Å²) in [5.74, 6) is -0.410. The number of pyridine rings is 1. The van der Waals surface area contributed by atoms with Gasteiger partial charge in [-0.2, -0.15) is 0 Å². The molecule has 3 rings (SSSR count). The van der Waals surface area contributed by atoms with E-state index in [9.17, 15) is 9.59 Å². The summed E-state index contributed by atoms with van der Waals surface area (Å²) in [5.41, 5.74) is 0. The van der Waals surface area contributed by atoms with Gasteiger partial charge in [0, 0.05) is 31.3 Å². The summed E-state index contributed by atoms with van der Waals surface area (Å²) >= 11 is 0. The molecule has 1 aromatic rings. The van der Waals surface area contributed by atoms with Gasteiger partial charge in [0.25, 0.3) is 0 Å². The molecule has 7 nitrogen and oxygen atoms in total. The highest BCUT2D eigenvalue weighted by Gasteiger charge is 2.31. The van der Waals surface area contributed by atoms with E-state index in [1.54, 1.807) is 11.1 Å². The zero-order valence-electron chi connectivity index (χ0n) is 13.6. The van der Waals surface area contributed by atoms with Crippen LogP contribution in [0.3, 0.4) is 0 Å². The van der Waals surface area contributed by atoms with E-state index >= 15 is 0 Å². The molecule has 2 aliphatic rings. The molecule has 0 radical (unpaired) electrons. The standard InChI is InChI=1S/C17H23N3O4/c21-16(22)12-4-6-13(7-5-12)19-17(23)20-10-8-14(11-20)24-15-3-1-2-9-18-15/h1-3,9,12-14H,4-8,10-11H2,(H,19,23)(H,21,22). The number of amides is 2. The summed E-state index contributed by atoms with van der Waals surface area (Å²) in [4.78, 5) is 29.2. The van der Waals surface area contributed by atoms with Gasteiger partial charge in [0.15, 0.2) is 0 Å². The first-order chi connectivity index (χ1) is 11.6. The lowest BCUT2D eigenvalue weighted by molar-refractivity contribution is -0.142. The van der Waals surface area contributed by atoms with Gasteiger partial charge in [-0.3, -0.25) is 4.79 Å². The number of nitrogens with one attached hydrogen (secondary N) is 1. The average molecular weight is 333 g/mol. The molecule has 2 fully saturated rings. The van der Waals surface area contributed by atoms with Crippen molar-refractivity contribution in [2.45, 2.75) is 44.2 Å². The van der Waals surface area contributed by atoms with Gasteiger partial charge in [-0.15, -0.1) is 0 Å². The van der Waals surface area contributed by atoms with Gasteiger partial charge in [-0.25, -0.2) is 9.78 Å². The fraction of sp³-hybridized carbons (Fsp3) is 0.588. The SMILES string of the molecule is O=C(O)C1CCC(NC(=O)N2CCC(Oc3ccccn3)C2)CC1. The maximum Gasteiger partial charge on any atom is 0.317 e. The summed E-state index contributed by atoms with van der Waals surface area (Å²) in [5, 5.41) is 12.0. The van der Waals surface area contributed by atoms with Crippen LogP contribution in [0.4, 0.5) is 4.79 Å². The van der Waals surface area contributed by atoms with Gasteiger partial charge in [0.05, 0.1) is 12.5 Å². The minimum absolute atomic E-state index is 0.0339. The number of carbonyl (C=O) groups excluding carboxylic acids is 1. The van der Waals surface area contributed by atoms with Crippen LogP contribution < -0.4 is 10.1 Å². The second-order valence-corrected chi connectivity index (χ2v) is 6.48. The Balaban J connectivity index is 1.43. The van der Waals surface area contributed by atoms with E-state index in [-0.39, 0.29) is 24.1 Å². The summed E-state index contributed by atoms with van der Waals surface area (Å²) in [7, 11) is 0. The Labute approximate surface area is 141 Å². The summed E-state index contributed by atoms with van der Waals surface area (Å²) in [6.45, 7) is 1.21. The van der Waals surface area contributed by atoms with Crippen LogP contribution in [0.1, 0.15) is 32.1 Å². The number of aliphatic carboxylic acids is 1. The molecule has 0 bridgehead atoms.